The summed E-state index contributed by atoms with van der Waals surface area (Å²) in [7, 11) is -3.89. The van der Waals surface area contributed by atoms with E-state index in [1.54, 1.807) is 18.2 Å². The third-order valence-electron chi connectivity index (χ3n) is 4.11. The molecule has 14 heteroatoms. The van der Waals surface area contributed by atoms with E-state index in [1.165, 1.54) is 19.2 Å². The highest BCUT2D eigenvalue weighted by atomic mass is 32.2. The highest BCUT2D eigenvalue weighted by Crippen LogP contribution is 2.37. The van der Waals surface area contributed by atoms with Crippen molar-refractivity contribution in [3.05, 3.63) is 42.2 Å². The number of benzene rings is 1. The summed E-state index contributed by atoms with van der Waals surface area (Å²) in [5, 5.41) is 24.0. The molecule has 2 aromatic rings. The van der Waals surface area contributed by atoms with Gasteiger partial charge in [0.2, 0.25) is 17.4 Å². The molecule has 1 saturated heterocycles. The topological polar surface area (TPSA) is 140 Å². The summed E-state index contributed by atoms with van der Waals surface area (Å²) in [4.78, 5) is 0. The first-order valence-electron chi connectivity index (χ1n) is 8.35. The molecule has 5 atom stereocenters. The zero-order valence-corrected chi connectivity index (χ0v) is 16.0. The SMILES string of the molecule is Cn1cc(O[C@@H]2[C@@H](O)[C@H](Oc3ccccc3)OC(S(=O)(=O)O)[C@H]2O)c(C(F)(F)F)n1. The Kier molecular flexibility index (Phi) is 5.97. The van der Waals surface area contributed by atoms with E-state index in [0.29, 0.717) is 0 Å². The normalized spacial score (nSPS) is 27.6. The number of para-hydroxylation sites is 1. The number of aromatic nitrogens is 2. The molecular weight excluding hydrogens is 437 g/mol. The molecule has 30 heavy (non-hydrogen) atoms. The van der Waals surface area contributed by atoms with E-state index in [-0.39, 0.29) is 5.75 Å². The Morgan fingerprint density at radius 2 is 1.77 bits per heavy atom. The van der Waals surface area contributed by atoms with Crippen LogP contribution in [0, 0.1) is 0 Å². The third kappa shape index (κ3) is 4.67. The van der Waals surface area contributed by atoms with Crippen LogP contribution in [-0.4, -0.2) is 63.0 Å². The number of aryl methyl sites for hydroxylation is 1. The van der Waals surface area contributed by atoms with Crippen LogP contribution in [0.15, 0.2) is 36.5 Å². The van der Waals surface area contributed by atoms with Gasteiger partial charge < -0.3 is 24.4 Å². The lowest BCUT2D eigenvalue weighted by Crippen LogP contribution is -2.63. The van der Waals surface area contributed by atoms with Gasteiger partial charge in [-0.25, -0.2) is 0 Å². The summed E-state index contributed by atoms with van der Waals surface area (Å²) in [6.45, 7) is 0. The lowest BCUT2D eigenvalue weighted by molar-refractivity contribution is -0.249. The second-order valence-corrected chi connectivity index (χ2v) is 7.89. The van der Waals surface area contributed by atoms with Gasteiger partial charge in [-0.1, -0.05) is 18.2 Å². The van der Waals surface area contributed by atoms with Gasteiger partial charge in [-0.15, -0.1) is 0 Å². The fourth-order valence-electron chi connectivity index (χ4n) is 2.82. The van der Waals surface area contributed by atoms with Crippen LogP contribution in [0.5, 0.6) is 11.5 Å². The number of nitrogens with zero attached hydrogens (tertiary/aromatic N) is 2. The van der Waals surface area contributed by atoms with Gasteiger partial charge in [-0.2, -0.15) is 26.7 Å². The van der Waals surface area contributed by atoms with Crippen molar-refractivity contribution in [2.45, 2.75) is 36.2 Å². The van der Waals surface area contributed by atoms with Crippen molar-refractivity contribution >= 4 is 10.1 Å². The van der Waals surface area contributed by atoms with E-state index < -0.39 is 57.8 Å². The lowest BCUT2D eigenvalue weighted by atomic mass is 10.0. The minimum Gasteiger partial charge on any atom is -0.481 e. The Balaban J connectivity index is 1.95. The summed E-state index contributed by atoms with van der Waals surface area (Å²) in [6, 6.07) is 7.62. The van der Waals surface area contributed by atoms with Gasteiger partial charge in [0.1, 0.15) is 11.9 Å². The molecule has 0 saturated carbocycles. The monoisotopic (exact) mass is 454 g/mol. The van der Waals surface area contributed by atoms with Crippen LogP contribution in [0.25, 0.3) is 0 Å². The largest absolute Gasteiger partial charge is 0.481 e. The minimum atomic E-state index is -5.07. The summed E-state index contributed by atoms with van der Waals surface area (Å²) in [6.07, 6.45) is -12.1. The summed E-state index contributed by atoms with van der Waals surface area (Å²) in [5.41, 5.74) is -3.81. The molecule has 0 spiro atoms. The van der Waals surface area contributed by atoms with Crippen molar-refractivity contribution in [2.75, 3.05) is 0 Å². The van der Waals surface area contributed by atoms with Gasteiger partial charge in [0.15, 0.2) is 18.0 Å². The average Bonchev–Trinajstić information content (AvgIpc) is 3.01. The first kappa shape index (κ1) is 22.3. The minimum absolute atomic E-state index is 0.114. The fourth-order valence-corrected chi connectivity index (χ4v) is 3.57. The van der Waals surface area contributed by atoms with Gasteiger partial charge in [-0.05, 0) is 12.1 Å². The molecule has 3 rings (SSSR count). The van der Waals surface area contributed by atoms with Crippen LogP contribution in [0.3, 0.4) is 0 Å². The van der Waals surface area contributed by atoms with E-state index in [9.17, 15) is 36.4 Å². The first-order valence-corrected chi connectivity index (χ1v) is 9.85. The second kappa shape index (κ2) is 8.03. The Labute approximate surface area is 168 Å². The van der Waals surface area contributed by atoms with E-state index >= 15 is 0 Å². The number of aliphatic hydroxyl groups excluding tert-OH is 2. The molecule has 10 nitrogen and oxygen atoms in total. The molecule has 3 N–H and O–H groups in total. The molecule has 0 aliphatic carbocycles. The third-order valence-corrected chi connectivity index (χ3v) is 5.09. The Bertz CT molecular complexity index is 982. The van der Waals surface area contributed by atoms with Crippen molar-refractivity contribution in [3.63, 3.8) is 0 Å². The molecule has 1 unspecified atom stereocenters. The van der Waals surface area contributed by atoms with Gasteiger partial charge in [0, 0.05) is 7.05 Å². The molecule has 0 radical (unpaired) electrons. The molecule has 166 valence electrons. The quantitative estimate of drug-likeness (QED) is 0.553. The molecule has 0 bridgehead atoms. The lowest BCUT2D eigenvalue weighted by Gasteiger charge is -2.40. The standard InChI is InChI=1S/C16H17F3N2O8S/c1-21-7-9(13(20-21)16(17,18)19)28-12-10(22)14(27-8-5-3-2-4-6-8)29-15(11(12)23)30(24,25)26/h2-7,10-12,14-15,22-23H,1H3,(H,24,25,26)/t10-,11+,12-,14-,15?/m1/s1. The van der Waals surface area contributed by atoms with E-state index in [4.69, 9.17) is 14.2 Å². The molecule has 1 fully saturated rings. The van der Waals surface area contributed by atoms with E-state index in [2.05, 4.69) is 5.10 Å². The number of ether oxygens (including phenoxy) is 3. The summed E-state index contributed by atoms with van der Waals surface area (Å²) in [5.74, 6) is -0.759. The molecule has 1 aromatic carbocycles. The maximum absolute atomic E-state index is 13.2. The molecule has 0 amide bonds. The molecule has 1 aliphatic heterocycles. The maximum atomic E-state index is 13.2. The van der Waals surface area contributed by atoms with Crippen LogP contribution in [0.2, 0.25) is 0 Å². The Morgan fingerprint density at radius 1 is 1.13 bits per heavy atom. The smallest absolute Gasteiger partial charge is 0.438 e. The second-order valence-electron chi connectivity index (χ2n) is 6.40. The number of halogens is 3. The van der Waals surface area contributed by atoms with Crippen LogP contribution >= 0.6 is 0 Å². The predicted molar refractivity (Wildman–Crippen MR) is 91.9 cm³/mol. The Hall–Kier alpha value is -2.39. The van der Waals surface area contributed by atoms with Crippen molar-refractivity contribution in [3.8, 4) is 11.5 Å². The van der Waals surface area contributed by atoms with Crippen molar-refractivity contribution in [1.29, 1.82) is 0 Å². The van der Waals surface area contributed by atoms with Crippen molar-refractivity contribution in [1.82, 2.24) is 9.78 Å². The Morgan fingerprint density at radius 3 is 2.33 bits per heavy atom. The predicted octanol–water partition coefficient (Wildman–Crippen LogP) is 0.557. The van der Waals surface area contributed by atoms with Gasteiger partial charge in [-0.3, -0.25) is 9.23 Å². The van der Waals surface area contributed by atoms with Gasteiger partial charge in [0.05, 0.1) is 6.20 Å². The molecular formula is C16H17F3N2O8S. The van der Waals surface area contributed by atoms with E-state index in [1.807, 2.05) is 0 Å². The molecule has 1 aromatic heterocycles. The summed E-state index contributed by atoms with van der Waals surface area (Å²) >= 11 is 0. The first-order chi connectivity index (χ1) is 13.9. The number of rotatable bonds is 5. The van der Waals surface area contributed by atoms with Crippen LogP contribution in [0.4, 0.5) is 13.2 Å². The highest BCUT2D eigenvalue weighted by Gasteiger charge is 2.53. The fraction of sp³-hybridized carbons (Fsp3) is 0.438. The van der Waals surface area contributed by atoms with Crippen molar-refractivity contribution in [2.24, 2.45) is 7.05 Å². The molecule has 2 heterocycles. The number of alkyl halides is 3. The number of hydrogen-bond acceptors (Lipinski definition) is 8. The van der Waals surface area contributed by atoms with Gasteiger partial charge >= 0.3 is 6.18 Å². The maximum Gasteiger partial charge on any atom is 0.438 e. The van der Waals surface area contributed by atoms with Crippen LogP contribution < -0.4 is 9.47 Å². The summed E-state index contributed by atoms with van der Waals surface area (Å²) < 4.78 is 88.3. The number of hydrogen-bond donors (Lipinski definition) is 3. The molecule has 1 aliphatic rings. The zero-order chi connectivity index (χ0) is 22.3. The highest BCUT2D eigenvalue weighted by molar-refractivity contribution is 7.86. The van der Waals surface area contributed by atoms with Gasteiger partial charge in [0.25, 0.3) is 10.1 Å². The van der Waals surface area contributed by atoms with Crippen LogP contribution in [0.1, 0.15) is 5.69 Å². The zero-order valence-electron chi connectivity index (χ0n) is 15.2. The van der Waals surface area contributed by atoms with Crippen LogP contribution in [-0.2, 0) is 28.1 Å². The number of aliphatic hydroxyl groups is 2. The van der Waals surface area contributed by atoms with E-state index in [0.717, 1.165) is 10.9 Å². The van der Waals surface area contributed by atoms with Crippen molar-refractivity contribution < 1.29 is 50.6 Å². The average molecular weight is 454 g/mol.